The molecular weight excluding hydrogens is 529 g/mol. The zero-order valence-corrected chi connectivity index (χ0v) is 23.5. The first kappa shape index (κ1) is 23.5. The van der Waals surface area contributed by atoms with E-state index in [1.165, 1.54) is 64.2 Å². The van der Waals surface area contributed by atoms with Crippen LogP contribution < -0.4 is 0 Å². The van der Waals surface area contributed by atoms with Crippen molar-refractivity contribution in [2.75, 3.05) is 0 Å². The van der Waals surface area contributed by atoms with Crippen LogP contribution in [-0.4, -0.2) is 9.55 Å². The second-order valence-corrected chi connectivity index (χ2v) is 11.8. The van der Waals surface area contributed by atoms with Gasteiger partial charge in [-0.15, -0.1) is 11.3 Å². The van der Waals surface area contributed by atoms with Crippen molar-refractivity contribution in [2.24, 2.45) is 0 Å². The van der Waals surface area contributed by atoms with Crippen LogP contribution in [0.1, 0.15) is 0 Å². The van der Waals surface area contributed by atoms with E-state index in [0.29, 0.717) is 0 Å². The Hall–Kier alpha value is -5.25. The Morgan fingerprint density at radius 2 is 1.10 bits per heavy atom. The summed E-state index contributed by atoms with van der Waals surface area (Å²) in [6, 6.07) is 52.2. The number of thiophene rings is 1. The van der Waals surface area contributed by atoms with Crippen LogP contribution in [0, 0.1) is 0 Å². The number of aromatic nitrogens is 2. The molecule has 0 atom stereocenters. The molecule has 3 aromatic heterocycles. The average Bonchev–Trinajstić information content (AvgIpc) is 3.61. The van der Waals surface area contributed by atoms with Crippen molar-refractivity contribution in [2.45, 2.75) is 0 Å². The summed E-state index contributed by atoms with van der Waals surface area (Å²) in [4.78, 5) is 5.25. The molecule has 0 spiro atoms. The third-order valence-corrected chi connectivity index (χ3v) is 9.67. The first-order valence-electron chi connectivity index (χ1n) is 14.2. The molecule has 0 saturated carbocycles. The van der Waals surface area contributed by atoms with Gasteiger partial charge < -0.3 is 0 Å². The molecule has 0 aliphatic heterocycles. The lowest BCUT2D eigenvalue weighted by atomic mass is 10.0. The van der Waals surface area contributed by atoms with Crippen molar-refractivity contribution in [3.8, 4) is 28.1 Å². The Labute approximate surface area is 246 Å². The SMILES string of the molecule is c1ccc(-c2cc(-n3c4ccccc4c4c5sc6c(-c7ccccc7)cccc6c5ccc43)nc3ccccc23)cc1. The van der Waals surface area contributed by atoms with Crippen LogP contribution >= 0.6 is 11.3 Å². The summed E-state index contributed by atoms with van der Waals surface area (Å²) in [5.74, 6) is 0.934. The van der Waals surface area contributed by atoms with E-state index in [0.717, 1.165) is 16.7 Å². The van der Waals surface area contributed by atoms with Crippen LogP contribution in [0.4, 0.5) is 0 Å². The molecule has 9 aromatic rings. The predicted octanol–water partition coefficient (Wildman–Crippen LogP) is 11.0. The van der Waals surface area contributed by atoms with Gasteiger partial charge in [-0.1, -0.05) is 121 Å². The maximum absolute atomic E-state index is 5.25. The molecule has 0 aliphatic rings. The lowest BCUT2D eigenvalue weighted by molar-refractivity contribution is 1.10. The first-order chi connectivity index (χ1) is 20.8. The minimum absolute atomic E-state index is 0.934. The molecule has 0 unspecified atom stereocenters. The number of para-hydroxylation sites is 2. The highest BCUT2D eigenvalue weighted by Crippen LogP contribution is 2.46. The van der Waals surface area contributed by atoms with Crippen molar-refractivity contribution in [3.63, 3.8) is 0 Å². The van der Waals surface area contributed by atoms with Crippen LogP contribution in [0.2, 0.25) is 0 Å². The van der Waals surface area contributed by atoms with Crippen molar-refractivity contribution < 1.29 is 0 Å². The van der Waals surface area contributed by atoms with Crippen molar-refractivity contribution in [1.29, 1.82) is 0 Å². The smallest absolute Gasteiger partial charge is 0.138 e. The monoisotopic (exact) mass is 552 g/mol. The van der Waals surface area contributed by atoms with Crippen LogP contribution in [0.15, 0.2) is 146 Å². The van der Waals surface area contributed by atoms with Crippen molar-refractivity contribution in [3.05, 3.63) is 146 Å². The molecule has 0 radical (unpaired) electrons. The van der Waals surface area contributed by atoms with Gasteiger partial charge in [0.15, 0.2) is 0 Å². The molecule has 42 heavy (non-hydrogen) atoms. The maximum atomic E-state index is 5.25. The number of nitrogens with zero attached hydrogens (tertiary/aromatic N) is 2. The van der Waals surface area contributed by atoms with Crippen LogP contribution in [0.5, 0.6) is 0 Å². The average molecular weight is 553 g/mol. The van der Waals surface area contributed by atoms with Gasteiger partial charge in [0.05, 0.1) is 16.6 Å². The normalized spacial score (nSPS) is 11.8. The summed E-state index contributed by atoms with van der Waals surface area (Å²) in [7, 11) is 0. The fourth-order valence-electron chi connectivity index (χ4n) is 6.53. The van der Waals surface area contributed by atoms with Crippen LogP contribution in [0.3, 0.4) is 0 Å². The Morgan fingerprint density at radius 1 is 0.452 bits per heavy atom. The minimum atomic E-state index is 0.934. The predicted molar refractivity (Wildman–Crippen MR) is 180 cm³/mol. The third-order valence-electron chi connectivity index (χ3n) is 8.40. The van der Waals surface area contributed by atoms with Gasteiger partial charge in [0, 0.05) is 36.3 Å². The fraction of sp³-hybridized carbons (Fsp3) is 0. The summed E-state index contributed by atoms with van der Waals surface area (Å²) in [6.07, 6.45) is 0. The van der Waals surface area contributed by atoms with Gasteiger partial charge in [-0.05, 0) is 46.5 Å². The van der Waals surface area contributed by atoms with E-state index < -0.39 is 0 Å². The Balaban J connectivity index is 1.39. The number of benzene rings is 6. The van der Waals surface area contributed by atoms with E-state index in [2.05, 4.69) is 150 Å². The number of fused-ring (bicyclic) bond motifs is 8. The Kier molecular flexibility index (Phi) is 5.10. The second kappa shape index (κ2) is 9.13. The van der Waals surface area contributed by atoms with Gasteiger partial charge in [-0.3, -0.25) is 4.57 Å². The summed E-state index contributed by atoms with van der Waals surface area (Å²) in [5, 5.41) is 6.32. The zero-order chi connectivity index (χ0) is 27.6. The fourth-order valence-corrected chi connectivity index (χ4v) is 7.92. The van der Waals surface area contributed by atoms with E-state index in [1.54, 1.807) is 0 Å². The largest absolute Gasteiger partial charge is 0.294 e. The van der Waals surface area contributed by atoms with E-state index in [9.17, 15) is 0 Å². The summed E-state index contributed by atoms with van der Waals surface area (Å²) in [6.45, 7) is 0. The first-order valence-corrected chi connectivity index (χ1v) is 15.1. The minimum Gasteiger partial charge on any atom is -0.294 e. The van der Waals surface area contributed by atoms with E-state index >= 15 is 0 Å². The zero-order valence-electron chi connectivity index (χ0n) is 22.7. The maximum Gasteiger partial charge on any atom is 0.138 e. The number of hydrogen-bond donors (Lipinski definition) is 0. The number of pyridine rings is 1. The summed E-state index contributed by atoms with van der Waals surface area (Å²) in [5.41, 5.74) is 8.27. The van der Waals surface area contributed by atoms with Crippen molar-refractivity contribution in [1.82, 2.24) is 9.55 Å². The molecule has 0 saturated heterocycles. The van der Waals surface area contributed by atoms with E-state index in [-0.39, 0.29) is 0 Å². The lowest BCUT2D eigenvalue weighted by Gasteiger charge is -2.13. The highest BCUT2D eigenvalue weighted by Gasteiger charge is 2.20. The molecule has 0 aliphatic carbocycles. The third kappa shape index (κ3) is 3.41. The van der Waals surface area contributed by atoms with Crippen LogP contribution in [0.25, 0.3) is 81.0 Å². The van der Waals surface area contributed by atoms with E-state index in [4.69, 9.17) is 4.98 Å². The van der Waals surface area contributed by atoms with Gasteiger partial charge in [0.1, 0.15) is 5.82 Å². The standard InChI is InChI=1S/C39H24N2S/c1-3-12-25(13-4-1)27-18-11-19-29-30-22-23-35-37(39(30)42-38(27)29)31-17-8-10-21-34(31)41(35)36-24-32(26-14-5-2-6-15-26)28-16-7-9-20-33(28)40-36/h1-24H. The molecule has 196 valence electrons. The summed E-state index contributed by atoms with van der Waals surface area (Å²) >= 11 is 1.90. The quantitative estimate of drug-likeness (QED) is 0.213. The molecule has 6 aromatic carbocycles. The molecule has 0 fully saturated rings. The van der Waals surface area contributed by atoms with Gasteiger partial charge in [0.25, 0.3) is 0 Å². The molecule has 3 heterocycles. The molecule has 0 N–H and O–H groups in total. The molecule has 9 rings (SSSR count). The topological polar surface area (TPSA) is 17.8 Å². The van der Waals surface area contributed by atoms with E-state index in [1.807, 2.05) is 11.3 Å². The number of hydrogen-bond acceptors (Lipinski definition) is 2. The highest BCUT2D eigenvalue weighted by atomic mass is 32.1. The van der Waals surface area contributed by atoms with Gasteiger partial charge >= 0.3 is 0 Å². The molecule has 3 heteroatoms. The molecule has 0 amide bonds. The van der Waals surface area contributed by atoms with Gasteiger partial charge in [0.2, 0.25) is 0 Å². The molecule has 0 bridgehead atoms. The summed E-state index contributed by atoms with van der Waals surface area (Å²) < 4.78 is 5.01. The lowest BCUT2D eigenvalue weighted by Crippen LogP contribution is -1.99. The second-order valence-electron chi connectivity index (χ2n) is 10.8. The van der Waals surface area contributed by atoms with Crippen molar-refractivity contribution >= 4 is 64.2 Å². The van der Waals surface area contributed by atoms with Gasteiger partial charge in [-0.2, -0.15) is 0 Å². The van der Waals surface area contributed by atoms with Crippen LogP contribution in [-0.2, 0) is 0 Å². The highest BCUT2D eigenvalue weighted by molar-refractivity contribution is 7.27. The Bertz CT molecular complexity index is 2450. The van der Waals surface area contributed by atoms with Gasteiger partial charge in [-0.25, -0.2) is 4.98 Å². The Morgan fingerprint density at radius 3 is 1.90 bits per heavy atom. The number of rotatable bonds is 3. The molecular formula is C39H24N2S. The molecule has 2 nitrogen and oxygen atoms in total.